The Kier molecular flexibility index (Phi) is 3.55. The number of nitrogens with zero attached hydrogens (tertiary/aromatic N) is 2. The molecule has 0 saturated carbocycles. The first-order valence-electron chi connectivity index (χ1n) is 4.57. The molecule has 0 bridgehead atoms. The molecule has 1 N–H and O–H groups in total. The molecule has 0 spiro atoms. The van der Waals surface area contributed by atoms with Gasteiger partial charge in [-0.1, -0.05) is 0 Å². The minimum atomic E-state index is -0.597. The lowest BCUT2D eigenvalue weighted by Gasteiger charge is -2.05. The molecule has 1 rings (SSSR count). The SMILES string of the molecule is COC=C(C(=O)OC)c1c(O)c(C)nn1C. The quantitative estimate of drug-likeness (QED) is 0.464. The van der Waals surface area contributed by atoms with Crippen LogP contribution in [0.15, 0.2) is 6.26 Å². The van der Waals surface area contributed by atoms with Gasteiger partial charge in [0.25, 0.3) is 0 Å². The first-order chi connectivity index (χ1) is 7.52. The fourth-order valence-corrected chi connectivity index (χ4v) is 1.38. The lowest BCUT2D eigenvalue weighted by molar-refractivity contribution is -0.133. The normalized spacial score (nSPS) is 11.4. The van der Waals surface area contributed by atoms with Crippen LogP contribution >= 0.6 is 0 Å². The van der Waals surface area contributed by atoms with Gasteiger partial charge in [0.2, 0.25) is 0 Å². The zero-order valence-electron chi connectivity index (χ0n) is 9.64. The van der Waals surface area contributed by atoms with Gasteiger partial charge in [0.1, 0.15) is 17.0 Å². The van der Waals surface area contributed by atoms with Crippen molar-refractivity contribution in [3.05, 3.63) is 17.6 Å². The maximum atomic E-state index is 11.5. The van der Waals surface area contributed by atoms with E-state index < -0.39 is 5.97 Å². The van der Waals surface area contributed by atoms with Crippen LogP contribution in [0.2, 0.25) is 0 Å². The minimum absolute atomic E-state index is 0.0591. The number of hydrogen-bond donors (Lipinski definition) is 1. The van der Waals surface area contributed by atoms with Crippen LogP contribution in [0.25, 0.3) is 5.57 Å². The molecule has 0 amide bonds. The third-order valence-corrected chi connectivity index (χ3v) is 2.09. The number of carbonyl (C=O) groups is 1. The van der Waals surface area contributed by atoms with Gasteiger partial charge in [-0.15, -0.1) is 0 Å². The summed E-state index contributed by atoms with van der Waals surface area (Å²) in [7, 11) is 4.28. The summed E-state index contributed by atoms with van der Waals surface area (Å²) in [5.74, 6) is -0.656. The van der Waals surface area contributed by atoms with E-state index in [2.05, 4.69) is 9.84 Å². The molecule has 88 valence electrons. The Hall–Kier alpha value is -1.98. The highest BCUT2D eigenvalue weighted by atomic mass is 16.5. The van der Waals surface area contributed by atoms with Gasteiger partial charge in [-0.3, -0.25) is 4.68 Å². The van der Waals surface area contributed by atoms with Gasteiger partial charge in [-0.2, -0.15) is 5.10 Å². The Morgan fingerprint density at radius 2 is 2.12 bits per heavy atom. The summed E-state index contributed by atoms with van der Waals surface area (Å²) < 4.78 is 10.8. The third kappa shape index (κ3) is 2.00. The van der Waals surface area contributed by atoms with Crippen LogP contribution in [0.4, 0.5) is 0 Å². The van der Waals surface area contributed by atoms with Gasteiger partial charge in [0, 0.05) is 7.05 Å². The summed E-state index contributed by atoms with van der Waals surface area (Å²) >= 11 is 0. The highest BCUT2D eigenvalue weighted by Gasteiger charge is 2.22. The zero-order valence-corrected chi connectivity index (χ0v) is 9.64. The van der Waals surface area contributed by atoms with E-state index in [1.807, 2.05) is 0 Å². The fourth-order valence-electron chi connectivity index (χ4n) is 1.38. The number of carbonyl (C=O) groups excluding carboxylic acids is 1. The fraction of sp³-hybridized carbons (Fsp3) is 0.400. The Labute approximate surface area is 93.1 Å². The van der Waals surface area contributed by atoms with E-state index >= 15 is 0 Å². The topological polar surface area (TPSA) is 73.6 Å². The molecule has 0 aliphatic heterocycles. The number of methoxy groups -OCH3 is 2. The number of rotatable bonds is 3. The summed E-state index contributed by atoms with van der Waals surface area (Å²) in [6.07, 6.45) is 1.21. The van der Waals surface area contributed by atoms with Crippen LogP contribution < -0.4 is 0 Å². The molecule has 0 aliphatic rings. The van der Waals surface area contributed by atoms with Crippen LogP contribution in [0.5, 0.6) is 5.75 Å². The number of aromatic hydroxyl groups is 1. The largest absolute Gasteiger partial charge is 0.504 e. The van der Waals surface area contributed by atoms with Crippen LogP contribution in [-0.4, -0.2) is 35.1 Å². The van der Waals surface area contributed by atoms with Gasteiger partial charge in [-0.05, 0) is 6.92 Å². The van der Waals surface area contributed by atoms with Crippen molar-refractivity contribution in [2.75, 3.05) is 14.2 Å². The molecule has 0 saturated heterocycles. The van der Waals surface area contributed by atoms with E-state index in [4.69, 9.17) is 4.74 Å². The maximum absolute atomic E-state index is 11.5. The third-order valence-electron chi connectivity index (χ3n) is 2.09. The van der Waals surface area contributed by atoms with Crippen LogP contribution in [-0.2, 0) is 21.3 Å². The standard InChI is InChI=1S/C10H14N2O4/c1-6-9(13)8(12(2)11-6)7(5-15-3)10(14)16-4/h5,13H,1-4H3. The number of aromatic nitrogens is 2. The molecular weight excluding hydrogens is 212 g/mol. The van der Waals surface area contributed by atoms with Crippen molar-refractivity contribution in [3.8, 4) is 5.75 Å². The van der Waals surface area contributed by atoms with Crippen molar-refractivity contribution in [1.82, 2.24) is 9.78 Å². The van der Waals surface area contributed by atoms with Gasteiger partial charge < -0.3 is 14.6 Å². The maximum Gasteiger partial charge on any atom is 0.343 e. The summed E-state index contributed by atoms with van der Waals surface area (Å²) in [5.41, 5.74) is 0.820. The van der Waals surface area contributed by atoms with Crippen molar-refractivity contribution in [2.24, 2.45) is 7.05 Å². The van der Waals surface area contributed by atoms with Gasteiger partial charge >= 0.3 is 5.97 Å². The molecule has 0 unspecified atom stereocenters. The van der Waals surface area contributed by atoms with Crippen LogP contribution in [0, 0.1) is 6.92 Å². The molecule has 0 aromatic carbocycles. The highest BCUT2D eigenvalue weighted by molar-refractivity contribution is 6.16. The lowest BCUT2D eigenvalue weighted by atomic mass is 10.2. The second-order valence-electron chi connectivity index (χ2n) is 3.17. The van der Waals surface area contributed by atoms with Crippen molar-refractivity contribution >= 4 is 11.5 Å². The van der Waals surface area contributed by atoms with E-state index in [1.54, 1.807) is 14.0 Å². The second-order valence-corrected chi connectivity index (χ2v) is 3.17. The predicted octanol–water partition coefficient (Wildman–Crippen LogP) is 0.594. The molecule has 6 heteroatoms. The first kappa shape index (κ1) is 12.1. The average molecular weight is 226 g/mol. The average Bonchev–Trinajstić information content (AvgIpc) is 2.50. The summed E-state index contributed by atoms with van der Waals surface area (Å²) in [4.78, 5) is 11.5. The van der Waals surface area contributed by atoms with E-state index in [0.717, 1.165) is 0 Å². The molecule has 0 atom stereocenters. The van der Waals surface area contributed by atoms with Gasteiger partial charge in [-0.25, -0.2) is 4.79 Å². The molecule has 6 nitrogen and oxygen atoms in total. The van der Waals surface area contributed by atoms with E-state index in [9.17, 15) is 9.90 Å². The minimum Gasteiger partial charge on any atom is -0.504 e. The van der Waals surface area contributed by atoms with E-state index in [-0.39, 0.29) is 17.0 Å². The van der Waals surface area contributed by atoms with Crippen LogP contribution in [0.1, 0.15) is 11.4 Å². The Balaban J connectivity index is 3.32. The van der Waals surface area contributed by atoms with Crippen molar-refractivity contribution < 1.29 is 19.4 Å². The number of hydrogen-bond acceptors (Lipinski definition) is 5. The summed E-state index contributed by atoms with van der Waals surface area (Å²) in [5, 5.41) is 13.8. The van der Waals surface area contributed by atoms with Crippen molar-refractivity contribution in [3.63, 3.8) is 0 Å². The molecule has 1 heterocycles. The monoisotopic (exact) mass is 226 g/mol. The lowest BCUT2D eigenvalue weighted by Crippen LogP contribution is -2.08. The molecule has 0 radical (unpaired) electrons. The molecule has 0 fully saturated rings. The van der Waals surface area contributed by atoms with Gasteiger partial charge in [0.05, 0.1) is 20.5 Å². The van der Waals surface area contributed by atoms with Crippen molar-refractivity contribution in [2.45, 2.75) is 6.92 Å². The Bertz CT molecular complexity index is 434. The Morgan fingerprint density at radius 1 is 1.50 bits per heavy atom. The molecular formula is C10H14N2O4. The number of esters is 1. The second kappa shape index (κ2) is 4.69. The molecule has 0 aliphatic carbocycles. The number of aryl methyl sites for hydroxylation is 2. The summed E-state index contributed by atoms with van der Waals surface area (Å²) in [6.45, 7) is 1.64. The molecule has 16 heavy (non-hydrogen) atoms. The Morgan fingerprint density at radius 3 is 2.50 bits per heavy atom. The molecule has 1 aromatic rings. The predicted molar refractivity (Wildman–Crippen MR) is 56.6 cm³/mol. The van der Waals surface area contributed by atoms with Gasteiger partial charge in [0.15, 0.2) is 5.75 Å². The highest BCUT2D eigenvalue weighted by Crippen LogP contribution is 2.28. The molecule has 1 aromatic heterocycles. The van der Waals surface area contributed by atoms with E-state index in [1.165, 1.54) is 25.2 Å². The first-order valence-corrected chi connectivity index (χ1v) is 4.57. The van der Waals surface area contributed by atoms with Crippen LogP contribution in [0.3, 0.4) is 0 Å². The summed E-state index contributed by atoms with van der Waals surface area (Å²) in [6, 6.07) is 0. The smallest absolute Gasteiger partial charge is 0.343 e. The van der Waals surface area contributed by atoms with E-state index in [0.29, 0.717) is 5.69 Å². The zero-order chi connectivity index (χ0) is 12.3. The van der Waals surface area contributed by atoms with Crippen molar-refractivity contribution in [1.29, 1.82) is 0 Å². The number of ether oxygens (including phenoxy) is 2.